The van der Waals surface area contributed by atoms with E-state index >= 15 is 0 Å². The molecule has 3 aromatic rings. The fraction of sp³-hybridized carbons (Fsp3) is 0.423. The van der Waals surface area contributed by atoms with Crippen molar-refractivity contribution in [3.05, 3.63) is 58.4 Å². The molecule has 9 heteroatoms. The minimum atomic E-state index is -0.719. The van der Waals surface area contributed by atoms with Gasteiger partial charge in [0.1, 0.15) is 6.04 Å². The van der Waals surface area contributed by atoms with E-state index in [-0.39, 0.29) is 23.8 Å². The highest BCUT2D eigenvalue weighted by atomic mass is 32.1. The molecule has 1 saturated heterocycles. The first-order valence-electron chi connectivity index (χ1n) is 12.0. The third-order valence-corrected chi connectivity index (χ3v) is 6.92. The number of amides is 3. The molecule has 186 valence electrons. The number of ether oxygens (including phenoxy) is 1. The Kier molecular flexibility index (Phi) is 8.07. The predicted octanol–water partition coefficient (Wildman–Crippen LogP) is 3.90. The van der Waals surface area contributed by atoms with Gasteiger partial charge in [0.05, 0.1) is 11.5 Å². The minimum absolute atomic E-state index is 0.141. The molecule has 0 aliphatic carbocycles. The zero-order valence-corrected chi connectivity index (χ0v) is 21.0. The molecule has 2 N–H and O–H groups in total. The van der Waals surface area contributed by atoms with Gasteiger partial charge in [-0.15, -0.1) is 11.3 Å². The highest BCUT2D eigenvalue weighted by Crippen LogP contribution is 2.20. The largest absolute Gasteiger partial charge is 0.449 e. The van der Waals surface area contributed by atoms with Crippen molar-refractivity contribution in [1.82, 2.24) is 20.1 Å². The number of carbonyl (C=O) groups is 3. The van der Waals surface area contributed by atoms with E-state index in [4.69, 9.17) is 4.74 Å². The van der Waals surface area contributed by atoms with Crippen molar-refractivity contribution >= 4 is 40.1 Å². The summed E-state index contributed by atoms with van der Waals surface area (Å²) in [5.74, 6) is -0.134. The Morgan fingerprint density at radius 2 is 1.83 bits per heavy atom. The third-order valence-electron chi connectivity index (χ3n) is 6.05. The fourth-order valence-corrected chi connectivity index (χ4v) is 4.85. The number of carbonyl (C=O) groups excluding carboxylic acids is 3. The van der Waals surface area contributed by atoms with Gasteiger partial charge in [0.15, 0.2) is 0 Å². The van der Waals surface area contributed by atoms with Gasteiger partial charge in [-0.3, -0.25) is 9.59 Å². The van der Waals surface area contributed by atoms with Crippen molar-refractivity contribution in [1.29, 1.82) is 0 Å². The van der Waals surface area contributed by atoms with Gasteiger partial charge in [0, 0.05) is 49.7 Å². The van der Waals surface area contributed by atoms with E-state index in [9.17, 15) is 14.4 Å². The maximum Gasteiger partial charge on any atom is 0.409 e. The summed E-state index contributed by atoms with van der Waals surface area (Å²) in [6.07, 6.45) is 2.59. The number of H-pyrrole nitrogens is 1. The lowest BCUT2D eigenvalue weighted by Gasteiger charge is -2.27. The standard InChI is InChI=1S/C26H32N4O4S/c1-18(2)17-34-26(33)30-11-6-10-29(12-13-30)25(32)22(28-24(31)23-9-5-14-35-23)15-19-16-27-21-8-4-3-7-20(19)21/h3-5,7-9,14,16,18,22,27H,6,10-13,15,17H2,1-2H3,(H,28,31). The Morgan fingerprint density at radius 1 is 1.06 bits per heavy atom. The first-order chi connectivity index (χ1) is 16.9. The summed E-state index contributed by atoms with van der Waals surface area (Å²) in [7, 11) is 0. The Labute approximate surface area is 209 Å². The molecule has 1 aliphatic rings. The molecule has 2 aromatic heterocycles. The van der Waals surface area contributed by atoms with E-state index in [1.807, 2.05) is 55.8 Å². The van der Waals surface area contributed by atoms with Crippen LogP contribution in [0.2, 0.25) is 0 Å². The number of rotatable bonds is 7. The first kappa shape index (κ1) is 24.8. The van der Waals surface area contributed by atoms with Gasteiger partial charge < -0.3 is 24.8 Å². The van der Waals surface area contributed by atoms with Crippen LogP contribution in [-0.2, 0) is 16.0 Å². The van der Waals surface area contributed by atoms with Gasteiger partial charge in [-0.05, 0) is 35.4 Å². The van der Waals surface area contributed by atoms with Crippen LogP contribution >= 0.6 is 11.3 Å². The van der Waals surface area contributed by atoms with Crippen LogP contribution in [0.3, 0.4) is 0 Å². The lowest BCUT2D eigenvalue weighted by molar-refractivity contribution is -0.133. The van der Waals surface area contributed by atoms with Crippen LogP contribution < -0.4 is 5.32 Å². The Bertz CT molecular complexity index is 1160. The second-order valence-electron chi connectivity index (χ2n) is 9.20. The maximum absolute atomic E-state index is 13.7. The van der Waals surface area contributed by atoms with Crippen LogP contribution in [-0.4, -0.2) is 71.5 Å². The van der Waals surface area contributed by atoms with Crippen molar-refractivity contribution in [2.45, 2.75) is 32.7 Å². The second kappa shape index (κ2) is 11.4. The molecular formula is C26H32N4O4S. The average molecular weight is 497 g/mol. The summed E-state index contributed by atoms with van der Waals surface area (Å²) in [5.41, 5.74) is 1.96. The molecule has 35 heavy (non-hydrogen) atoms. The van der Waals surface area contributed by atoms with Gasteiger partial charge in [0.2, 0.25) is 5.91 Å². The van der Waals surface area contributed by atoms with Crippen LogP contribution in [0.15, 0.2) is 48.0 Å². The number of aromatic nitrogens is 1. The molecule has 3 heterocycles. The van der Waals surface area contributed by atoms with Crippen LogP contribution in [0.4, 0.5) is 4.79 Å². The zero-order valence-electron chi connectivity index (χ0n) is 20.2. The van der Waals surface area contributed by atoms with Gasteiger partial charge in [-0.1, -0.05) is 38.1 Å². The maximum atomic E-state index is 13.7. The summed E-state index contributed by atoms with van der Waals surface area (Å²) in [5, 5.41) is 5.84. The normalized spacial score (nSPS) is 15.2. The average Bonchev–Trinajstić information content (AvgIpc) is 3.47. The third kappa shape index (κ3) is 6.22. The van der Waals surface area contributed by atoms with E-state index in [0.29, 0.717) is 50.5 Å². The molecule has 1 atom stereocenters. The number of hydrogen-bond acceptors (Lipinski definition) is 5. The molecule has 1 fully saturated rings. The minimum Gasteiger partial charge on any atom is -0.449 e. The van der Waals surface area contributed by atoms with Crippen molar-refractivity contribution in [2.75, 3.05) is 32.8 Å². The first-order valence-corrected chi connectivity index (χ1v) is 12.9. The molecule has 0 radical (unpaired) electrons. The molecule has 0 spiro atoms. The van der Waals surface area contributed by atoms with Gasteiger partial charge in [-0.2, -0.15) is 0 Å². The lowest BCUT2D eigenvalue weighted by Crippen LogP contribution is -2.50. The Morgan fingerprint density at radius 3 is 2.60 bits per heavy atom. The summed E-state index contributed by atoms with van der Waals surface area (Å²) in [4.78, 5) is 46.2. The molecule has 3 amide bonds. The van der Waals surface area contributed by atoms with Crippen LogP contribution in [0.1, 0.15) is 35.5 Å². The van der Waals surface area contributed by atoms with Crippen molar-refractivity contribution in [3.63, 3.8) is 0 Å². The Balaban J connectivity index is 1.48. The second-order valence-corrected chi connectivity index (χ2v) is 10.2. The number of nitrogens with one attached hydrogen (secondary N) is 2. The van der Waals surface area contributed by atoms with Crippen LogP contribution in [0.5, 0.6) is 0 Å². The predicted molar refractivity (Wildman–Crippen MR) is 137 cm³/mol. The molecular weight excluding hydrogens is 464 g/mol. The number of para-hydroxylation sites is 1. The van der Waals surface area contributed by atoms with E-state index in [0.717, 1.165) is 16.5 Å². The molecule has 1 unspecified atom stereocenters. The lowest BCUT2D eigenvalue weighted by atomic mass is 10.0. The molecule has 0 bridgehead atoms. The zero-order chi connectivity index (χ0) is 24.8. The highest BCUT2D eigenvalue weighted by molar-refractivity contribution is 7.12. The molecule has 0 saturated carbocycles. The number of aromatic amines is 1. The van der Waals surface area contributed by atoms with Crippen molar-refractivity contribution in [2.24, 2.45) is 5.92 Å². The summed E-state index contributed by atoms with van der Waals surface area (Å²) < 4.78 is 5.37. The number of nitrogens with zero attached hydrogens (tertiary/aromatic N) is 2. The van der Waals surface area contributed by atoms with Gasteiger partial charge in [-0.25, -0.2) is 4.79 Å². The molecule has 4 rings (SSSR count). The summed E-state index contributed by atoms with van der Waals surface area (Å²) >= 11 is 1.34. The van der Waals surface area contributed by atoms with Gasteiger partial charge in [0.25, 0.3) is 5.91 Å². The topological polar surface area (TPSA) is 94.7 Å². The van der Waals surface area contributed by atoms with E-state index in [1.165, 1.54) is 11.3 Å². The van der Waals surface area contributed by atoms with E-state index < -0.39 is 6.04 Å². The van der Waals surface area contributed by atoms with Crippen LogP contribution in [0.25, 0.3) is 10.9 Å². The van der Waals surface area contributed by atoms with Gasteiger partial charge >= 0.3 is 6.09 Å². The number of thiophene rings is 1. The van der Waals surface area contributed by atoms with Crippen LogP contribution in [0, 0.1) is 5.92 Å². The fourth-order valence-electron chi connectivity index (χ4n) is 4.23. The molecule has 1 aromatic carbocycles. The number of hydrogen-bond donors (Lipinski definition) is 2. The smallest absolute Gasteiger partial charge is 0.409 e. The highest BCUT2D eigenvalue weighted by Gasteiger charge is 2.30. The number of fused-ring (bicyclic) bond motifs is 1. The summed E-state index contributed by atoms with van der Waals surface area (Å²) in [6, 6.07) is 10.8. The monoisotopic (exact) mass is 496 g/mol. The SMILES string of the molecule is CC(C)COC(=O)N1CCCN(C(=O)C(Cc2c[nH]c3ccccc23)NC(=O)c2cccs2)CC1. The van der Waals surface area contributed by atoms with Crippen molar-refractivity contribution in [3.8, 4) is 0 Å². The summed E-state index contributed by atoms with van der Waals surface area (Å²) in [6.45, 7) is 6.22. The Hall–Kier alpha value is -3.33. The molecule has 1 aliphatic heterocycles. The van der Waals surface area contributed by atoms with E-state index in [1.54, 1.807) is 15.9 Å². The van der Waals surface area contributed by atoms with E-state index in [2.05, 4.69) is 10.3 Å². The van der Waals surface area contributed by atoms with Crippen molar-refractivity contribution < 1.29 is 19.1 Å². The molecule has 8 nitrogen and oxygen atoms in total. The number of benzene rings is 1. The quantitative estimate of drug-likeness (QED) is 0.519.